The number of hydrogen-bond donors (Lipinski definition) is 0. The molecule has 22 heavy (non-hydrogen) atoms. The molecule has 1 heteroatoms. The summed E-state index contributed by atoms with van der Waals surface area (Å²) in [5.74, 6) is 0. The van der Waals surface area contributed by atoms with E-state index in [-0.39, 0.29) is 0 Å². The van der Waals surface area contributed by atoms with Crippen LogP contribution in [0.15, 0.2) is 72.8 Å². The van der Waals surface area contributed by atoms with Crippen LogP contribution in [-0.2, 0) is 0 Å². The van der Waals surface area contributed by atoms with E-state index < -0.39 is 8.80 Å². The van der Waals surface area contributed by atoms with Crippen molar-refractivity contribution in [2.24, 2.45) is 0 Å². The van der Waals surface area contributed by atoms with Crippen LogP contribution >= 0.6 is 0 Å². The molecular formula is C21H21Si. The van der Waals surface area contributed by atoms with Crippen LogP contribution < -0.4 is 15.6 Å². The Morgan fingerprint density at radius 1 is 0.500 bits per heavy atom. The molecule has 0 saturated heterocycles. The maximum Gasteiger partial charge on any atom is 0.154 e. The molecule has 0 atom stereocenters. The average Bonchev–Trinajstić information content (AvgIpc) is 2.48. The molecule has 1 radical (unpaired) electrons. The van der Waals surface area contributed by atoms with Crippen molar-refractivity contribution in [2.45, 2.75) is 20.8 Å². The third-order valence-electron chi connectivity index (χ3n) is 3.92. The fraction of sp³-hybridized carbons (Fsp3) is 0.143. The zero-order valence-electron chi connectivity index (χ0n) is 13.4. The number of aryl methyl sites for hydroxylation is 3. The smallest absolute Gasteiger partial charge is 0.0624 e. The van der Waals surface area contributed by atoms with Crippen molar-refractivity contribution in [3.63, 3.8) is 0 Å². The lowest BCUT2D eigenvalue weighted by molar-refractivity contribution is 1.48. The third-order valence-corrected chi connectivity index (χ3v) is 6.59. The Balaban J connectivity index is 2.18. The predicted molar refractivity (Wildman–Crippen MR) is 98.2 cm³/mol. The average molecular weight is 301 g/mol. The minimum atomic E-state index is -0.944. The van der Waals surface area contributed by atoms with Crippen LogP contribution in [0.2, 0.25) is 0 Å². The highest BCUT2D eigenvalue weighted by molar-refractivity contribution is 6.95. The first kappa shape index (κ1) is 14.8. The first-order chi connectivity index (χ1) is 10.6. The Morgan fingerprint density at radius 2 is 0.818 bits per heavy atom. The lowest BCUT2D eigenvalue weighted by Gasteiger charge is -2.18. The van der Waals surface area contributed by atoms with E-state index in [0.717, 1.165) is 0 Å². The minimum Gasteiger partial charge on any atom is -0.0624 e. The second-order valence-corrected chi connectivity index (χ2v) is 8.47. The van der Waals surface area contributed by atoms with Gasteiger partial charge in [-0.05, 0) is 20.8 Å². The molecule has 3 aromatic carbocycles. The van der Waals surface area contributed by atoms with Gasteiger partial charge in [-0.25, -0.2) is 0 Å². The molecule has 0 aromatic heterocycles. The molecule has 0 bridgehead atoms. The summed E-state index contributed by atoms with van der Waals surface area (Å²) in [4.78, 5) is 0. The normalized spacial score (nSPS) is 10.9. The van der Waals surface area contributed by atoms with Crippen LogP contribution in [0.1, 0.15) is 16.7 Å². The lowest BCUT2D eigenvalue weighted by atomic mass is 10.2. The van der Waals surface area contributed by atoms with Crippen LogP contribution in [0.25, 0.3) is 0 Å². The Bertz CT molecular complexity index is 681. The molecule has 0 fully saturated rings. The molecule has 0 aliphatic rings. The highest BCUT2D eigenvalue weighted by atomic mass is 28.3. The van der Waals surface area contributed by atoms with Gasteiger partial charge in [0.05, 0.1) is 0 Å². The Hall–Kier alpha value is -2.12. The van der Waals surface area contributed by atoms with Gasteiger partial charge < -0.3 is 0 Å². The summed E-state index contributed by atoms with van der Waals surface area (Å²) in [6.07, 6.45) is 0. The molecule has 3 rings (SSSR count). The molecule has 0 saturated carbocycles. The topological polar surface area (TPSA) is 0 Å². The van der Waals surface area contributed by atoms with Crippen molar-refractivity contribution in [3.8, 4) is 0 Å². The number of benzene rings is 3. The number of rotatable bonds is 3. The summed E-state index contributed by atoms with van der Waals surface area (Å²) in [6, 6.07) is 27.0. The zero-order chi connectivity index (χ0) is 15.5. The van der Waals surface area contributed by atoms with Gasteiger partial charge in [0.15, 0.2) is 8.80 Å². The van der Waals surface area contributed by atoms with Gasteiger partial charge in [0.1, 0.15) is 0 Å². The second-order valence-electron chi connectivity index (χ2n) is 5.98. The Labute approximate surface area is 135 Å². The van der Waals surface area contributed by atoms with Crippen LogP contribution in [0.4, 0.5) is 0 Å². The third kappa shape index (κ3) is 3.20. The fourth-order valence-corrected chi connectivity index (χ4v) is 5.81. The second kappa shape index (κ2) is 6.33. The summed E-state index contributed by atoms with van der Waals surface area (Å²) in [5, 5.41) is 4.38. The molecule has 0 unspecified atom stereocenters. The molecule has 0 nitrogen and oxygen atoms in total. The van der Waals surface area contributed by atoms with Crippen LogP contribution in [0, 0.1) is 20.8 Å². The van der Waals surface area contributed by atoms with E-state index in [1.807, 2.05) is 0 Å². The SMILES string of the molecule is Cc1cccc([Si](c2cccc(C)c2)c2cccc(C)c2)c1. The zero-order valence-corrected chi connectivity index (χ0v) is 14.4. The van der Waals surface area contributed by atoms with Gasteiger partial charge in [0.25, 0.3) is 0 Å². The first-order valence-corrected chi connectivity index (χ1v) is 9.21. The maximum absolute atomic E-state index is 2.35. The van der Waals surface area contributed by atoms with Crippen LogP contribution in [-0.4, -0.2) is 8.80 Å². The van der Waals surface area contributed by atoms with E-state index in [1.54, 1.807) is 0 Å². The van der Waals surface area contributed by atoms with Gasteiger partial charge in [-0.2, -0.15) is 0 Å². The molecule has 0 aliphatic heterocycles. The molecule has 109 valence electrons. The monoisotopic (exact) mass is 301 g/mol. The molecule has 3 aromatic rings. The predicted octanol–water partition coefficient (Wildman–Crippen LogP) is 3.13. The Morgan fingerprint density at radius 3 is 1.09 bits per heavy atom. The standard InChI is InChI=1S/C21H21Si/c1-16-7-4-10-19(13-16)22(20-11-5-8-17(2)14-20)21-12-6-9-18(3)15-21/h4-15H,1-3H3. The van der Waals surface area contributed by atoms with E-state index in [2.05, 4.69) is 93.6 Å². The fourth-order valence-electron chi connectivity index (χ4n) is 2.90. The minimum absolute atomic E-state index is 0.944. The highest BCUT2D eigenvalue weighted by Gasteiger charge is 2.19. The van der Waals surface area contributed by atoms with Crippen LogP contribution in [0.3, 0.4) is 0 Å². The van der Waals surface area contributed by atoms with Gasteiger partial charge in [-0.1, -0.05) is 105 Å². The van der Waals surface area contributed by atoms with Crippen molar-refractivity contribution >= 4 is 24.4 Å². The summed E-state index contributed by atoms with van der Waals surface area (Å²) in [6.45, 7) is 6.53. The van der Waals surface area contributed by atoms with E-state index >= 15 is 0 Å². The molecule has 0 aliphatic carbocycles. The quantitative estimate of drug-likeness (QED) is 0.515. The molecule has 0 amide bonds. The summed E-state index contributed by atoms with van der Waals surface area (Å²) < 4.78 is 0. The number of hydrogen-bond acceptors (Lipinski definition) is 0. The van der Waals surface area contributed by atoms with Gasteiger partial charge in [-0.15, -0.1) is 0 Å². The van der Waals surface area contributed by atoms with Gasteiger partial charge in [-0.3, -0.25) is 0 Å². The Kier molecular flexibility index (Phi) is 4.26. The van der Waals surface area contributed by atoms with Crippen molar-refractivity contribution in [3.05, 3.63) is 89.5 Å². The van der Waals surface area contributed by atoms with Gasteiger partial charge in [0.2, 0.25) is 0 Å². The summed E-state index contributed by atoms with van der Waals surface area (Å²) >= 11 is 0. The maximum atomic E-state index is 2.35. The van der Waals surface area contributed by atoms with Crippen molar-refractivity contribution in [1.82, 2.24) is 0 Å². The lowest BCUT2D eigenvalue weighted by Crippen LogP contribution is -2.52. The van der Waals surface area contributed by atoms with Crippen molar-refractivity contribution in [1.29, 1.82) is 0 Å². The molecule has 0 heterocycles. The summed E-state index contributed by atoms with van der Waals surface area (Å²) in [7, 11) is -0.944. The van der Waals surface area contributed by atoms with E-state index in [1.165, 1.54) is 32.3 Å². The largest absolute Gasteiger partial charge is 0.154 e. The van der Waals surface area contributed by atoms with Crippen molar-refractivity contribution < 1.29 is 0 Å². The van der Waals surface area contributed by atoms with Gasteiger partial charge in [0, 0.05) is 0 Å². The highest BCUT2D eigenvalue weighted by Crippen LogP contribution is 2.02. The van der Waals surface area contributed by atoms with E-state index in [4.69, 9.17) is 0 Å². The molecular weight excluding hydrogens is 280 g/mol. The van der Waals surface area contributed by atoms with Crippen LogP contribution in [0.5, 0.6) is 0 Å². The van der Waals surface area contributed by atoms with Crippen molar-refractivity contribution in [2.75, 3.05) is 0 Å². The van der Waals surface area contributed by atoms with E-state index in [9.17, 15) is 0 Å². The van der Waals surface area contributed by atoms with Gasteiger partial charge >= 0.3 is 0 Å². The molecule has 0 spiro atoms. The van der Waals surface area contributed by atoms with E-state index in [0.29, 0.717) is 0 Å². The first-order valence-electron chi connectivity index (χ1n) is 7.71. The summed E-state index contributed by atoms with van der Waals surface area (Å²) in [5.41, 5.74) is 4.00. The molecule has 0 N–H and O–H groups in total.